The fourth-order valence-electron chi connectivity index (χ4n) is 1.01. The summed E-state index contributed by atoms with van der Waals surface area (Å²) in [6, 6.07) is 0. The largest absolute Gasteiger partial charge is 0.377 e. The van der Waals surface area contributed by atoms with Gasteiger partial charge in [-0.1, -0.05) is 0 Å². The lowest BCUT2D eigenvalue weighted by molar-refractivity contribution is -0.121. The van der Waals surface area contributed by atoms with Crippen molar-refractivity contribution >= 4 is 22.4 Å². The zero-order chi connectivity index (χ0) is 12.2. The summed E-state index contributed by atoms with van der Waals surface area (Å²) >= 11 is 1.34. The molecule has 0 fully saturated rings. The Kier molecular flexibility index (Phi) is 4.26. The van der Waals surface area contributed by atoms with E-state index in [0.29, 0.717) is 17.4 Å². The average molecular weight is 243 g/mol. The van der Waals surface area contributed by atoms with Crippen molar-refractivity contribution in [1.29, 1.82) is 0 Å². The van der Waals surface area contributed by atoms with E-state index in [1.165, 1.54) is 11.3 Å². The maximum Gasteiger partial charge on any atom is 0.226 e. The molecule has 0 aromatic carbocycles. The number of nitrogens with one attached hydrogen (secondary N) is 1. The third kappa shape index (κ3) is 4.16. The number of nitrogens with zero attached hydrogens (tertiary/aromatic N) is 1. The molecule has 0 atom stereocenters. The quantitative estimate of drug-likeness (QED) is 0.802. The zero-order valence-corrected chi connectivity index (χ0v) is 10.6. The van der Waals surface area contributed by atoms with Gasteiger partial charge in [0.1, 0.15) is 0 Å². The number of methoxy groups -OCH3 is 1. The van der Waals surface area contributed by atoms with Gasteiger partial charge in [0.2, 0.25) is 5.91 Å². The highest BCUT2D eigenvalue weighted by molar-refractivity contribution is 7.13. The molecule has 0 radical (unpaired) electrons. The minimum atomic E-state index is -0.350. The van der Waals surface area contributed by atoms with Gasteiger partial charge in [-0.2, -0.15) is 0 Å². The van der Waals surface area contributed by atoms with Crippen molar-refractivity contribution in [2.75, 3.05) is 19.4 Å². The lowest BCUT2D eigenvalue weighted by atomic mass is 10.1. The van der Waals surface area contributed by atoms with Gasteiger partial charge in [-0.25, -0.2) is 4.98 Å². The van der Waals surface area contributed by atoms with Crippen molar-refractivity contribution < 1.29 is 9.53 Å². The molecule has 1 amide bonds. The summed E-state index contributed by atoms with van der Waals surface area (Å²) in [5.74, 6) is -0.0737. The van der Waals surface area contributed by atoms with E-state index in [0.717, 1.165) is 0 Å². The molecule has 16 heavy (non-hydrogen) atoms. The van der Waals surface area contributed by atoms with E-state index in [4.69, 9.17) is 10.5 Å². The Morgan fingerprint density at radius 2 is 2.38 bits per heavy atom. The molecular formula is C10H17N3O2S. The summed E-state index contributed by atoms with van der Waals surface area (Å²) in [7, 11) is 1.62. The number of hydrogen-bond acceptors (Lipinski definition) is 5. The van der Waals surface area contributed by atoms with Crippen molar-refractivity contribution in [2.24, 2.45) is 0 Å². The van der Waals surface area contributed by atoms with E-state index >= 15 is 0 Å². The van der Waals surface area contributed by atoms with Crippen molar-refractivity contribution in [3.8, 4) is 0 Å². The first-order valence-electron chi connectivity index (χ1n) is 4.95. The van der Waals surface area contributed by atoms with E-state index in [-0.39, 0.29) is 17.9 Å². The summed E-state index contributed by atoms with van der Waals surface area (Å²) in [6.07, 6.45) is 0.257. The Bertz CT molecular complexity index is 363. The van der Waals surface area contributed by atoms with Gasteiger partial charge in [0.15, 0.2) is 5.13 Å². The number of ether oxygens (including phenoxy) is 1. The third-order valence-corrected chi connectivity index (χ3v) is 2.90. The van der Waals surface area contributed by atoms with Gasteiger partial charge >= 0.3 is 0 Å². The number of carbonyl (C=O) groups excluding carboxylic acids is 1. The van der Waals surface area contributed by atoms with E-state index in [2.05, 4.69) is 10.3 Å². The fraction of sp³-hybridized carbons (Fsp3) is 0.600. The number of anilines is 1. The minimum absolute atomic E-state index is 0.0737. The first kappa shape index (κ1) is 12.9. The first-order valence-corrected chi connectivity index (χ1v) is 5.82. The molecule has 0 saturated heterocycles. The van der Waals surface area contributed by atoms with Crippen molar-refractivity contribution in [3.63, 3.8) is 0 Å². The van der Waals surface area contributed by atoms with Gasteiger partial charge in [0.05, 0.1) is 17.7 Å². The molecule has 90 valence electrons. The fourth-order valence-corrected chi connectivity index (χ4v) is 1.58. The smallest absolute Gasteiger partial charge is 0.226 e. The van der Waals surface area contributed by atoms with Gasteiger partial charge < -0.3 is 15.8 Å². The van der Waals surface area contributed by atoms with Crippen molar-refractivity contribution in [3.05, 3.63) is 11.1 Å². The normalized spacial score (nSPS) is 11.4. The molecule has 0 aliphatic rings. The number of thiazole rings is 1. The summed E-state index contributed by atoms with van der Waals surface area (Å²) in [6.45, 7) is 4.30. The lowest BCUT2D eigenvalue weighted by Crippen LogP contribution is -2.40. The van der Waals surface area contributed by atoms with Gasteiger partial charge in [-0.3, -0.25) is 4.79 Å². The van der Waals surface area contributed by atoms with Crippen LogP contribution < -0.4 is 11.1 Å². The Labute approximate surface area is 99.0 Å². The van der Waals surface area contributed by atoms with Crippen LogP contribution in [0.15, 0.2) is 5.38 Å². The van der Waals surface area contributed by atoms with Crippen LogP contribution in [0.3, 0.4) is 0 Å². The van der Waals surface area contributed by atoms with Crippen LogP contribution in [0, 0.1) is 0 Å². The maximum atomic E-state index is 11.5. The molecule has 0 aliphatic heterocycles. The van der Waals surface area contributed by atoms with Crippen molar-refractivity contribution in [1.82, 2.24) is 10.3 Å². The molecule has 1 rings (SSSR count). The molecule has 0 bridgehead atoms. The molecule has 1 heterocycles. The Morgan fingerprint density at radius 1 is 1.69 bits per heavy atom. The second-order valence-corrected chi connectivity index (χ2v) is 4.98. The topological polar surface area (TPSA) is 77.2 Å². The standard InChI is InChI=1S/C10H17N3O2S/c1-10(2,15-3)6-12-8(14)4-7-5-16-9(11)13-7/h5H,4,6H2,1-3H3,(H2,11,13)(H,12,14). The number of nitrogen functional groups attached to an aromatic ring is 1. The molecule has 1 aromatic heterocycles. The number of nitrogens with two attached hydrogens (primary N) is 1. The molecule has 3 N–H and O–H groups in total. The highest BCUT2D eigenvalue weighted by Gasteiger charge is 2.17. The summed E-state index contributed by atoms with van der Waals surface area (Å²) in [4.78, 5) is 15.6. The monoisotopic (exact) mass is 243 g/mol. The molecule has 0 unspecified atom stereocenters. The Morgan fingerprint density at radius 3 is 2.88 bits per heavy atom. The van der Waals surface area contributed by atoms with Crippen LogP contribution in [0.1, 0.15) is 19.5 Å². The van der Waals surface area contributed by atoms with Gasteiger partial charge in [0, 0.05) is 19.0 Å². The number of amides is 1. The van der Waals surface area contributed by atoms with Crippen LogP contribution in [0.5, 0.6) is 0 Å². The molecule has 6 heteroatoms. The third-order valence-electron chi connectivity index (χ3n) is 2.18. The maximum absolute atomic E-state index is 11.5. The van der Waals surface area contributed by atoms with Crippen LogP contribution in [-0.4, -0.2) is 30.1 Å². The van der Waals surface area contributed by atoms with E-state index in [9.17, 15) is 4.79 Å². The van der Waals surface area contributed by atoms with E-state index in [1.807, 2.05) is 13.8 Å². The molecule has 5 nitrogen and oxygen atoms in total. The first-order chi connectivity index (χ1) is 7.43. The highest BCUT2D eigenvalue weighted by atomic mass is 32.1. The number of carbonyl (C=O) groups is 1. The van der Waals surface area contributed by atoms with Crippen molar-refractivity contribution in [2.45, 2.75) is 25.9 Å². The molecule has 0 aliphatic carbocycles. The zero-order valence-electron chi connectivity index (χ0n) is 9.74. The SMILES string of the molecule is COC(C)(C)CNC(=O)Cc1csc(N)n1. The van der Waals surface area contributed by atoms with Crippen LogP contribution in [0.2, 0.25) is 0 Å². The van der Waals surface area contributed by atoms with E-state index in [1.54, 1.807) is 12.5 Å². The van der Waals surface area contributed by atoms with Gasteiger partial charge in [0.25, 0.3) is 0 Å². The molecule has 1 aromatic rings. The van der Waals surface area contributed by atoms with Crippen LogP contribution in [0.4, 0.5) is 5.13 Å². The van der Waals surface area contributed by atoms with Crippen LogP contribution in [0.25, 0.3) is 0 Å². The average Bonchev–Trinajstić information content (AvgIpc) is 2.61. The summed E-state index contributed by atoms with van der Waals surface area (Å²) in [5, 5.41) is 5.07. The predicted octanol–water partition coefficient (Wildman–Crippen LogP) is 0.809. The molecule has 0 spiro atoms. The second kappa shape index (κ2) is 5.27. The minimum Gasteiger partial charge on any atom is -0.377 e. The Hall–Kier alpha value is -1.14. The number of rotatable bonds is 5. The highest BCUT2D eigenvalue weighted by Crippen LogP contribution is 2.11. The number of aromatic nitrogens is 1. The second-order valence-electron chi connectivity index (χ2n) is 4.09. The molecule has 0 saturated carbocycles. The number of hydrogen-bond donors (Lipinski definition) is 2. The molecular weight excluding hydrogens is 226 g/mol. The Balaban J connectivity index is 2.37. The van der Waals surface area contributed by atoms with E-state index < -0.39 is 0 Å². The van der Waals surface area contributed by atoms with Gasteiger partial charge in [-0.15, -0.1) is 11.3 Å². The summed E-state index contributed by atoms with van der Waals surface area (Å²) in [5.41, 5.74) is 5.83. The predicted molar refractivity (Wildman–Crippen MR) is 64.3 cm³/mol. The van der Waals surface area contributed by atoms with Crippen LogP contribution in [-0.2, 0) is 16.0 Å². The van der Waals surface area contributed by atoms with Crippen LogP contribution >= 0.6 is 11.3 Å². The summed E-state index contributed by atoms with van der Waals surface area (Å²) < 4.78 is 5.19. The lowest BCUT2D eigenvalue weighted by Gasteiger charge is -2.22. The van der Waals surface area contributed by atoms with Gasteiger partial charge in [-0.05, 0) is 13.8 Å².